The number of hydrogen-bond donors (Lipinski definition) is 0. The van der Waals surface area contributed by atoms with Gasteiger partial charge in [0.1, 0.15) is 5.65 Å². The van der Waals surface area contributed by atoms with Crippen LogP contribution in [0.1, 0.15) is 0 Å². The third-order valence-electron chi connectivity index (χ3n) is 3.41. The lowest BCUT2D eigenvalue weighted by Gasteiger charge is -2.00. The number of nitrogens with zero attached hydrogens (tertiary/aromatic N) is 2. The Balaban J connectivity index is 0.00000121. The Labute approximate surface area is 123 Å². The smallest absolute Gasteiger partial charge is 0.137 e. The van der Waals surface area contributed by atoms with Crippen LogP contribution in [0.5, 0.6) is 0 Å². The lowest BCUT2D eigenvalue weighted by molar-refractivity contribution is 1.26. The number of imidazole rings is 1. The highest BCUT2D eigenvalue weighted by Crippen LogP contribution is 2.22. The van der Waals surface area contributed by atoms with Gasteiger partial charge >= 0.3 is 0 Å². The molecular formula is C17H13ClN2. The first-order chi connectivity index (χ1) is 9.42. The van der Waals surface area contributed by atoms with Crippen molar-refractivity contribution in [2.24, 2.45) is 0 Å². The number of pyridine rings is 1. The van der Waals surface area contributed by atoms with E-state index >= 15 is 0 Å². The monoisotopic (exact) mass is 280 g/mol. The summed E-state index contributed by atoms with van der Waals surface area (Å²) < 4.78 is 2.15. The van der Waals surface area contributed by atoms with Crippen molar-refractivity contribution >= 4 is 29.0 Å². The highest BCUT2D eigenvalue weighted by atomic mass is 35.5. The Morgan fingerprint density at radius 1 is 0.750 bits per heavy atom. The van der Waals surface area contributed by atoms with Crippen LogP contribution in [0, 0.1) is 0 Å². The van der Waals surface area contributed by atoms with Gasteiger partial charge in [-0.2, -0.15) is 0 Å². The molecule has 0 spiro atoms. The molecule has 4 rings (SSSR count). The zero-order valence-electron chi connectivity index (χ0n) is 10.7. The lowest BCUT2D eigenvalue weighted by Crippen LogP contribution is -1.85. The van der Waals surface area contributed by atoms with Crippen molar-refractivity contribution < 1.29 is 0 Å². The van der Waals surface area contributed by atoms with Gasteiger partial charge in [-0.05, 0) is 23.6 Å². The molecule has 0 unspecified atom stereocenters. The van der Waals surface area contributed by atoms with Crippen LogP contribution in [0.3, 0.4) is 0 Å². The van der Waals surface area contributed by atoms with Gasteiger partial charge in [0.2, 0.25) is 0 Å². The van der Waals surface area contributed by atoms with Gasteiger partial charge in [0, 0.05) is 11.8 Å². The molecule has 0 aliphatic heterocycles. The highest BCUT2D eigenvalue weighted by Gasteiger charge is 2.05. The number of aromatic nitrogens is 2. The summed E-state index contributed by atoms with van der Waals surface area (Å²) in [5.74, 6) is 0. The van der Waals surface area contributed by atoms with Gasteiger partial charge in [-0.25, -0.2) is 4.98 Å². The number of hydrogen-bond acceptors (Lipinski definition) is 1. The Hall–Kier alpha value is -2.32. The van der Waals surface area contributed by atoms with Gasteiger partial charge in [-0.15, -0.1) is 12.4 Å². The van der Waals surface area contributed by atoms with Crippen LogP contribution in [-0.4, -0.2) is 9.38 Å². The van der Waals surface area contributed by atoms with Crippen LogP contribution in [-0.2, 0) is 0 Å². The fourth-order valence-electron chi connectivity index (χ4n) is 2.47. The average Bonchev–Trinajstić information content (AvgIpc) is 2.93. The summed E-state index contributed by atoms with van der Waals surface area (Å²) in [5, 5.41) is 1.23. The largest absolute Gasteiger partial charge is 0.299 e. The van der Waals surface area contributed by atoms with E-state index in [1.54, 1.807) is 0 Å². The Morgan fingerprint density at radius 3 is 2.35 bits per heavy atom. The number of fused-ring (bicyclic) bond motifs is 3. The molecule has 0 fully saturated rings. The second-order valence-electron chi connectivity index (χ2n) is 4.61. The molecule has 20 heavy (non-hydrogen) atoms. The first-order valence-corrected chi connectivity index (χ1v) is 6.34. The molecule has 0 N–H and O–H groups in total. The lowest BCUT2D eigenvalue weighted by atomic mass is 10.2. The van der Waals surface area contributed by atoms with Crippen LogP contribution in [0.15, 0.2) is 72.9 Å². The maximum Gasteiger partial charge on any atom is 0.137 e. The summed E-state index contributed by atoms with van der Waals surface area (Å²) in [6, 6.07) is 22.8. The zero-order valence-corrected chi connectivity index (χ0v) is 11.5. The number of rotatable bonds is 1. The number of halogens is 1. The van der Waals surface area contributed by atoms with Gasteiger partial charge in [-0.3, -0.25) is 4.40 Å². The number of para-hydroxylation sites is 1. The summed E-state index contributed by atoms with van der Waals surface area (Å²) in [7, 11) is 0. The Bertz CT molecular complexity index is 866. The maximum atomic E-state index is 4.70. The SMILES string of the molecule is Cl.c1ccc(-c2cn3c(ccc4ccccc43)n2)cc1. The molecule has 0 amide bonds. The maximum absolute atomic E-state index is 4.70. The van der Waals surface area contributed by atoms with Gasteiger partial charge in [0.15, 0.2) is 0 Å². The highest BCUT2D eigenvalue weighted by molar-refractivity contribution is 5.85. The molecule has 0 atom stereocenters. The van der Waals surface area contributed by atoms with Gasteiger partial charge < -0.3 is 0 Å². The molecule has 3 heteroatoms. The van der Waals surface area contributed by atoms with Crippen molar-refractivity contribution in [3.8, 4) is 11.3 Å². The van der Waals surface area contributed by atoms with E-state index in [-0.39, 0.29) is 12.4 Å². The predicted octanol–water partition coefficient (Wildman–Crippen LogP) is 4.58. The van der Waals surface area contributed by atoms with Gasteiger partial charge in [-0.1, -0.05) is 48.5 Å². The van der Waals surface area contributed by atoms with Crippen molar-refractivity contribution in [1.29, 1.82) is 0 Å². The van der Waals surface area contributed by atoms with E-state index in [1.807, 2.05) is 18.2 Å². The molecule has 0 aliphatic rings. The van der Waals surface area contributed by atoms with E-state index in [1.165, 1.54) is 10.9 Å². The molecule has 0 saturated carbocycles. The van der Waals surface area contributed by atoms with Gasteiger partial charge in [0.05, 0.1) is 11.2 Å². The van der Waals surface area contributed by atoms with Crippen molar-refractivity contribution in [3.63, 3.8) is 0 Å². The first kappa shape index (κ1) is 12.7. The molecule has 0 aliphatic carbocycles. The molecule has 2 nitrogen and oxygen atoms in total. The summed E-state index contributed by atoms with van der Waals surface area (Å²) in [6.45, 7) is 0. The van der Waals surface area contributed by atoms with Gasteiger partial charge in [0.25, 0.3) is 0 Å². The minimum absolute atomic E-state index is 0. The average molecular weight is 281 g/mol. The normalized spacial score (nSPS) is 10.6. The molecule has 0 saturated heterocycles. The fraction of sp³-hybridized carbons (Fsp3) is 0. The van der Waals surface area contributed by atoms with E-state index < -0.39 is 0 Å². The van der Waals surface area contributed by atoms with Crippen LogP contribution in [0.4, 0.5) is 0 Å². The van der Waals surface area contributed by atoms with Crippen molar-refractivity contribution in [1.82, 2.24) is 9.38 Å². The standard InChI is InChI=1S/C17H12N2.ClH/c1-2-6-13(7-3-1)15-12-19-16-9-5-4-8-14(16)10-11-17(19)18-15;/h1-12H;1H. The molecule has 2 aromatic carbocycles. The first-order valence-electron chi connectivity index (χ1n) is 6.34. The molecule has 2 heterocycles. The minimum atomic E-state index is 0. The number of benzene rings is 2. The summed E-state index contributed by atoms with van der Waals surface area (Å²) >= 11 is 0. The predicted molar refractivity (Wildman–Crippen MR) is 85.4 cm³/mol. The topological polar surface area (TPSA) is 17.3 Å². The quantitative estimate of drug-likeness (QED) is 0.499. The second-order valence-corrected chi connectivity index (χ2v) is 4.61. The third-order valence-corrected chi connectivity index (χ3v) is 3.41. The molecule has 0 bridgehead atoms. The Kier molecular flexibility index (Phi) is 3.17. The van der Waals surface area contributed by atoms with Crippen molar-refractivity contribution in [2.45, 2.75) is 0 Å². The van der Waals surface area contributed by atoms with Crippen LogP contribution in [0.25, 0.3) is 27.8 Å². The molecule has 98 valence electrons. The molecule has 0 radical (unpaired) electrons. The fourth-order valence-corrected chi connectivity index (χ4v) is 2.47. The van der Waals surface area contributed by atoms with E-state index in [2.05, 4.69) is 59.1 Å². The zero-order chi connectivity index (χ0) is 12.7. The van der Waals surface area contributed by atoms with E-state index in [0.717, 1.165) is 16.9 Å². The summed E-state index contributed by atoms with van der Waals surface area (Å²) in [6.07, 6.45) is 2.10. The van der Waals surface area contributed by atoms with Crippen molar-refractivity contribution in [2.75, 3.05) is 0 Å². The van der Waals surface area contributed by atoms with E-state index in [9.17, 15) is 0 Å². The Morgan fingerprint density at radius 2 is 1.50 bits per heavy atom. The van der Waals surface area contributed by atoms with Crippen LogP contribution < -0.4 is 0 Å². The third kappa shape index (κ3) is 1.95. The van der Waals surface area contributed by atoms with Crippen LogP contribution in [0.2, 0.25) is 0 Å². The minimum Gasteiger partial charge on any atom is -0.299 e. The van der Waals surface area contributed by atoms with Crippen LogP contribution >= 0.6 is 12.4 Å². The van der Waals surface area contributed by atoms with E-state index in [4.69, 9.17) is 4.98 Å². The van der Waals surface area contributed by atoms with Crippen molar-refractivity contribution in [3.05, 3.63) is 72.9 Å². The second kappa shape index (κ2) is 4.99. The molecule has 4 aromatic rings. The molecular weight excluding hydrogens is 268 g/mol. The summed E-state index contributed by atoms with van der Waals surface area (Å²) in [4.78, 5) is 4.70. The van der Waals surface area contributed by atoms with E-state index in [0.29, 0.717) is 0 Å². The summed E-state index contributed by atoms with van der Waals surface area (Å²) in [5.41, 5.74) is 4.33. The molecule has 2 aromatic heterocycles.